The zero-order chi connectivity index (χ0) is 30.0. The normalized spacial score (nSPS) is 13.3. The number of benzene rings is 3. The molecule has 4 aromatic rings. The van der Waals surface area contributed by atoms with Gasteiger partial charge in [-0.2, -0.15) is 13.2 Å². The minimum atomic E-state index is -5.39. The first-order valence-corrected chi connectivity index (χ1v) is 13.1. The van der Waals surface area contributed by atoms with Gasteiger partial charge in [0.2, 0.25) is 0 Å². The Kier molecular flexibility index (Phi) is 7.81. The molecule has 0 saturated carbocycles. The lowest BCUT2D eigenvalue weighted by molar-refractivity contribution is -0.385. The number of nitrogens with one attached hydrogen (secondary N) is 2. The first-order chi connectivity index (χ1) is 19.3. The molecule has 0 radical (unpaired) electrons. The molecule has 1 aromatic heterocycles. The van der Waals surface area contributed by atoms with E-state index in [-0.39, 0.29) is 22.8 Å². The van der Waals surface area contributed by atoms with Gasteiger partial charge in [-0.25, -0.2) is 23.2 Å². The zero-order valence-electron chi connectivity index (χ0n) is 20.9. The van der Waals surface area contributed by atoms with Crippen LogP contribution in [0.15, 0.2) is 77.7 Å². The number of carbonyl (C=O) groups is 1. The van der Waals surface area contributed by atoms with Gasteiger partial charge in [-0.15, -0.1) is 0 Å². The van der Waals surface area contributed by atoms with Crippen molar-refractivity contribution >= 4 is 50.0 Å². The van der Waals surface area contributed by atoms with Crippen molar-refractivity contribution in [1.29, 1.82) is 0 Å². The molecule has 0 bridgehead atoms. The second-order valence-electron chi connectivity index (χ2n) is 8.40. The summed E-state index contributed by atoms with van der Waals surface area (Å²) < 4.78 is 73.9. The van der Waals surface area contributed by atoms with Crippen LogP contribution in [0.25, 0.3) is 11.0 Å². The van der Waals surface area contributed by atoms with Crippen LogP contribution in [0.3, 0.4) is 0 Å². The number of sulfonamides is 1. The molecule has 41 heavy (non-hydrogen) atoms. The fourth-order valence-electron chi connectivity index (χ4n) is 3.67. The summed E-state index contributed by atoms with van der Waals surface area (Å²) in [6.45, 7) is 0.893. The third-order valence-corrected chi connectivity index (χ3v) is 7.02. The Bertz CT molecular complexity index is 1730. The number of aromatic nitrogens is 2. The van der Waals surface area contributed by atoms with Crippen LogP contribution in [0, 0.1) is 10.1 Å². The third kappa shape index (κ3) is 5.87. The average Bonchev–Trinajstić information content (AvgIpc) is 2.92. The molecule has 3 N–H and O–H groups in total. The van der Waals surface area contributed by atoms with Crippen molar-refractivity contribution in [2.24, 2.45) is 0 Å². The molecular formula is C25H20F3N5O7S. The van der Waals surface area contributed by atoms with E-state index in [1.165, 1.54) is 13.0 Å². The molecule has 16 heteroatoms. The predicted molar refractivity (Wildman–Crippen MR) is 140 cm³/mol. The van der Waals surface area contributed by atoms with Crippen molar-refractivity contribution in [2.75, 3.05) is 16.6 Å². The topological polar surface area (TPSA) is 174 Å². The lowest BCUT2D eigenvalue weighted by Gasteiger charge is -2.28. The molecular weight excluding hydrogens is 571 g/mol. The van der Waals surface area contributed by atoms with Gasteiger partial charge in [0.05, 0.1) is 27.5 Å². The fourth-order valence-corrected chi connectivity index (χ4v) is 4.72. The Balaban J connectivity index is 1.72. The molecule has 4 rings (SSSR count). The predicted octanol–water partition coefficient (Wildman–Crippen LogP) is 4.40. The summed E-state index contributed by atoms with van der Waals surface area (Å²) in [7, 11) is -4.42. The number of esters is 1. The van der Waals surface area contributed by atoms with E-state index in [1.54, 1.807) is 24.3 Å². The van der Waals surface area contributed by atoms with Gasteiger partial charge in [-0.3, -0.25) is 14.8 Å². The second-order valence-corrected chi connectivity index (χ2v) is 10.1. The lowest BCUT2D eigenvalue weighted by atomic mass is 9.93. The van der Waals surface area contributed by atoms with Crippen molar-refractivity contribution in [1.82, 2.24) is 9.97 Å². The van der Waals surface area contributed by atoms with Crippen LogP contribution in [0.5, 0.6) is 0 Å². The number of hydrogen-bond donors (Lipinski definition) is 3. The number of anilines is 3. The number of non-ortho nitro benzene ring substituents is 1. The molecule has 0 fully saturated rings. The summed E-state index contributed by atoms with van der Waals surface area (Å²) in [5.74, 6) is -2.38. The van der Waals surface area contributed by atoms with E-state index in [9.17, 15) is 41.6 Å². The van der Waals surface area contributed by atoms with E-state index >= 15 is 0 Å². The molecule has 214 valence electrons. The summed E-state index contributed by atoms with van der Waals surface area (Å²) in [6.07, 6.45) is -5.39. The molecule has 3 aromatic carbocycles. The Labute approximate surface area is 230 Å². The van der Waals surface area contributed by atoms with Crippen LogP contribution in [0.2, 0.25) is 0 Å². The van der Waals surface area contributed by atoms with Gasteiger partial charge in [0.15, 0.2) is 11.6 Å². The average molecular weight is 592 g/mol. The van der Waals surface area contributed by atoms with Crippen LogP contribution < -0.4 is 10.0 Å². The largest absolute Gasteiger partial charge is 0.463 e. The van der Waals surface area contributed by atoms with Crippen LogP contribution in [-0.4, -0.2) is 47.2 Å². The van der Waals surface area contributed by atoms with Crippen LogP contribution in [-0.2, 0) is 25.2 Å². The molecule has 0 saturated heterocycles. The molecule has 0 aliphatic rings. The lowest BCUT2D eigenvalue weighted by Crippen LogP contribution is -2.50. The van der Waals surface area contributed by atoms with E-state index in [0.29, 0.717) is 5.52 Å². The number of ether oxygens (including phenoxy) is 1. The van der Waals surface area contributed by atoms with Crippen molar-refractivity contribution in [3.05, 3.63) is 88.5 Å². The van der Waals surface area contributed by atoms with Gasteiger partial charge in [-0.1, -0.05) is 30.3 Å². The molecule has 0 spiro atoms. The summed E-state index contributed by atoms with van der Waals surface area (Å²) in [4.78, 5) is 30.6. The van der Waals surface area contributed by atoms with E-state index in [4.69, 9.17) is 0 Å². The number of aliphatic hydroxyl groups is 1. The van der Waals surface area contributed by atoms with Crippen LogP contribution in [0.1, 0.15) is 12.5 Å². The number of carbonyl (C=O) groups excluding carboxylic acids is 1. The maximum absolute atomic E-state index is 13.7. The molecule has 12 nitrogen and oxygen atoms in total. The van der Waals surface area contributed by atoms with E-state index in [2.05, 4.69) is 24.7 Å². The summed E-state index contributed by atoms with van der Waals surface area (Å²) >= 11 is 0. The number of para-hydroxylation sites is 2. The molecule has 1 unspecified atom stereocenters. The number of nitro groups is 1. The zero-order valence-corrected chi connectivity index (χ0v) is 21.7. The van der Waals surface area contributed by atoms with Crippen LogP contribution in [0.4, 0.5) is 36.2 Å². The highest BCUT2D eigenvalue weighted by molar-refractivity contribution is 7.92. The van der Waals surface area contributed by atoms with Crippen molar-refractivity contribution in [3.63, 3.8) is 0 Å². The standard InChI is InChI=1S/C25H20F3N5O7S/c1-2-40-23(34)24(35,25(26,27)28)15-10-12-16(13-11-15)29-21-22(31-20-9-4-3-8-19(20)30-21)32-41(38,39)18-7-5-6-17(14-18)33(36)37/h3-14,35H,2H2,1H3,(H,29,30)(H,31,32). The highest BCUT2D eigenvalue weighted by atomic mass is 32.2. The first kappa shape index (κ1) is 29.2. The van der Waals surface area contributed by atoms with Crippen molar-refractivity contribution in [2.45, 2.75) is 23.6 Å². The summed E-state index contributed by atoms with van der Waals surface area (Å²) in [6, 6.07) is 14.6. The van der Waals surface area contributed by atoms with E-state index in [0.717, 1.165) is 42.5 Å². The fraction of sp³-hybridized carbons (Fsp3) is 0.160. The third-order valence-electron chi connectivity index (χ3n) is 5.69. The van der Waals surface area contributed by atoms with Gasteiger partial charge < -0.3 is 15.2 Å². The number of halogens is 3. The summed E-state index contributed by atoms with van der Waals surface area (Å²) in [5.41, 5.74) is -4.50. The van der Waals surface area contributed by atoms with Gasteiger partial charge in [0.25, 0.3) is 21.3 Å². The SMILES string of the molecule is CCOC(=O)C(O)(c1ccc(Nc2nc3ccccc3nc2NS(=O)(=O)c2cccc([N+](=O)[O-])c2)cc1)C(F)(F)F. The Morgan fingerprint density at radius 3 is 2.17 bits per heavy atom. The summed E-state index contributed by atoms with van der Waals surface area (Å²) in [5, 5.41) is 24.1. The van der Waals surface area contributed by atoms with E-state index in [1.807, 2.05) is 0 Å². The molecule has 0 aliphatic carbocycles. The van der Waals surface area contributed by atoms with Crippen molar-refractivity contribution in [3.8, 4) is 0 Å². The maximum atomic E-state index is 13.7. The molecule has 1 atom stereocenters. The van der Waals surface area contributed by atoms with E-state index < -0.39 is 55.4 Å². The van der Waals surface area contributed by atoms with Crippen molar-refractivity contribution < 1.29 is 41.2 Å². The molecule has 0 aliphatic heterocycles. The number of rotatable bonds is 9. The van der Waals surface area contributed by atoms with Gasteiger partial charge in [0, 0.05) is 23.4 Å². The first-order valence-electron chi connectivity index (χ1n) is 11.6. The number of fused-ring (bicyclic) bond motifs is 1. The second kappa shape index (κ2) is 11.0. The number of hydrogen-bond acceptors (Lipinski definition) is 10. The Morgan fingerprint density at radius 2 is 1.61 bits per heavy atom. The van der Waals surface area contributed by atoms with Gasteiger partial charge >= 0.3 is 12.1 Å². The number of nitrogens with zero attached hydrogens (tertiary/aromatic N) is 3. The minimum Gasteiger partial charge on any atom is -0.463 e. The monoisotopic (exact) mass is 591 g/mol. The van der Waals surface area contributed by atoms with Crippen LogP contribution >= 0.6 is 0 Å². The minimum absolute atomic E-state index is 0.0857. The maximum Gasteiger partial charge on any atom is 0.432 e. The highest BCUT2D eigenvalue weighted by Gasteiger charge is 2.62. The smallest absolute Gasteiger partial charge is 0.432 e. The Morgan fingerprint density at radius 1 is 1.00 bits per heavy atom. The molecule has 1 heterocycles. The number of alkyl halides is 3. The van der Waals surface area contributed by atoms with Gasteiger partial charge in [-0.05, 0) is 37.3 Å². The quantitative estimate of drug-likeness (QED) is 0.144. The molecule has 0 amide bonds. The Hall–Kier alpha value is -4.83. The highest BCUT2D eigenvalue weighted by Crippen LogP contribution is 2.40. The number of nitro benzene ring substituents is 1. The van der Waals surface area contributed by atoms with Gasteiger partial charge in [0.1, 0.15) is 0 Å².